The summed E-state index contributed by atoms with van der Waals surface area (Å²) in [6.07, 6.45) is -0.764. The molecule has 16 heteroatoms. The molecule has 4 heterocycles. The van der Waals surface area contributed by atoms with Gasteiger partial charge in [-0.3, -0.25) is 14.6 Å². The number of amides is 2. The molecule has 3 aliphatic rings. The van der Waals surface area contributed by atoms with Gasteiger partial charge in [-0.25, -0.2) is 14.4 Å². The molecule has 16 nitrogen and oxygen atoms in total. The highest BCUT2D eigenvalue weighted by Gasteiger charge is 2.58. The van der Waals surface area contributed by atoms with Crippen LogP contribution in [0.3, 0.4) is 0 Å². The van der Waals surface area contributed by atoms with Crippen molar-refractivity contribution in [3.05, 3.63) is 72.1 Å². The lowest BCUT2D eigenvalue weighted by atomic mass is 9.73. The topological polar surface area (TPSA) is 201 Å². The van der Waals surface area contributed by atoms with Gasteiger partial charge in [0, 0.05) is 42.7 Å². The number of nitrogens with zero attached hydrogens (tertiary/aromatic N) is 2. The first-order chi connectivity index (χ1) is 29.3. The smallest absolute Gasteiger partial charge is 0.408 e. The Morgan fingerprint density at radius 2 is 1.74 bits per heavy atom. The molecule has 0 aliphatic carbocycles. The number of aromatic nitrogens is 1. The number of rotatable bonds is 10. The summed E-state index contributed by atoms with van der Waals surface area (Å²) < 4.78 is 37.8. The number of ketones is 1. The minimum absolute atomic E-state index is 0.0572. The number of benzene rings is 1. The standard InChI is InChI=1S/C46H64N4O12/c1-11-34-46(8)38(49-44(56)62-46)28(4)35(51)26(2)24-45(7,61-43(55)48-22-16-18-31-17-15-21-47-25-31)39(60-42-36(52)33(50(9)10)23-27(3)57-42)29(5)37(30(6)40(53)58-34)59-41(54)32-19-13-12-14-20-32/h12-21,25-30,33-34,36-39,42,52H,11,22-24H2,1-10H3,(H,48,55)(H,49,56)/t26-,27-,28+,29+,30-,33+,34-,36-,37+,38-,39-,42+,45-,46-/m1/s1. The third-order valence-electron chi connectivity index (χ3n) is 12.6. The summed E-state index contributed by atoms with van der Waals surface area (Å²) in [5.41, 5.74) is -2.19. The van der Waals surface area contributed by atoms with Gasteiger partial charge in [0.1, 0.15) is 35.8 Å². The number of hydrogen-bond acceptors (Lipinski definition) is 14. The average Bonchev–Trinajstić information content (AvgIpc) is 3.56. The molecular formula is C46H64N4O12. The predicted molar refractivity (Wildman–Crippen MR) is 227 cm³/mol. The Labute approximate surface area is 364 Å². The molecule has 3 saturated heterocycles. The lowest BCUT2D eigenvalue weighted by Gasteiger charge is -2.48. The van der Waals surface area contributed by atoms with E-state index in [1.54, 1.807) is 109 Å². The molecular weight excluding hydrogens is 801 g/mol. The largest absolute Gasteiger partial charge is 0.458 e. The number of hydrogen-bond donors (Lipinski definition) is 3. The van der Waals surface area contributed by atoms with E-state index in [0.717, 1.165) is 5.56 Å². The Balaban J connectivity index is 1.65. The quantitative estimate of drug-likeness (QED) is 0.205. The zero-order valence-corrected chi connectivity index (χ0v) is 37.4. The molecule has 5 rings (SSSR count). The molecule has 2 amide bonds. The summed E-state index contributed by atoms with van der Waals surface area (Å²) >= 11 is 0. The number of aliphatic hydroxyl groups excluding tert-OH is 1. The van der Waals surface area contributed by atoms with Crippen LogP contribution in [0.5, 0.6) is 0 Å². The minimum atomic E-state index is -1.75. The molecule has 340 valence electrons. The molecule has 0 saturated carbocycles. The van der Waals surface area contributed by atoms with Crippen molar-refractivity contribution in [3.63, 3.8) is 0 Å². The minimum Gasteiger partial charge on any atom is -0.458 e. The fraction of sp³-hybridized carbons (Fsp3) is 0.609. The summed E-state index contributed by atoms with van der Waals surface area (Å²) in [7, 11) is 3.67. The van der Waals surface area contributed by atoms with Crippen LogP contribution in [0.4, 0.5) is 9.59 Å². The Morgan fingerprint density at radius 3 is 2.39 bits per heavy atom. The van der Waals surface area contributed by atoms with Crippen LogP contribution in [0, 0.1) is 23.7 Å². The van der Waals surface area contributed by atoms with Crippen molar-refractivity contribution in [1.29, 1.82) is 0 Å². The number of nitrogens with one attached hydrogen (secondary N) is 2. The van der Waals surface area contributed by atoms with Gasteiger partial charge in [-0.2, -0.15) is 0 Å². The second kappa shape index (κ2) is 20.5. The van der Waals surface area contributed by atoms with Gasteiger partial charge in [-0.15, -0.1) is 0 Å². The number of aliphatic hydroxyl groups is 1. The first-order valence-electron chi connectivity index (χ1n) is 21.5. The van der Waals surface area contributed by atoms with Gasteiger partial charge in [0.25, 0.3) is 0 Å². The Bertz CT molecular complexity index is 1900. The van der Waals surface area contributed by atoms with Crippen molar-refractivity contribution in [3.8, 4) is 0 Å². The van der Waals surface area contributed by atoms with Crippen LogP contribution in [-0.2, 0) is 38.0 Å². The number of esters is 2. The highest BCUT2D eigenvalue weighted by Crippen LogP contribution is 2.42. The van der Waals surface area contributed by atoms with Gasteiger partial charge in [-0.1, -0.05) is 64.1 Å². The second-order valence-corrected chi connectivity index (χ2v) is 17.6. The third-order valence-corrected chi connectivity index (χ3v) is 12.6. The third kappa shape index (κ3) is 11.0. The van der Waals surface area contributed by atoms with Crippen LogP contribution < -0.4 is 10.6 Å². The zero-order valence-electron chi connectivity index (χ0n) is 37.4. The van der Waals surface area contributed by atoms with Gasteiger partial charge in [0.05, 0.1) is 23.6 Å². The maximum atomic E-state index is 14.6. The number of carbonyl (C=O) groups is 5. The van der Waals surface area contributed by atoms with Crippen LogP contribution in [0.2, 0.25) is 0 Å². The second-order valence-electron chi connectivity index (χ2n) is 17.6. The SMILES string of the molecule is CC[C@H]1OC(=O)[C@H](C)[C@@H](OC(=O)c2ccccc2)[C@H](C)[C@@H](O[C@@H]2O[C@H](C)C[C@H](N(C)C)[C@H]2O)[C@](C)(OC(=O)NCC=Cc2cccnc2)C[C@@H](C)C(=O)[C@H](C)[C@H]2NC(=O)O[C@@]21C. The van der Waals surface area contributed by atoms with E-state index < -0.39 is 102 Å². The van der Waals surface area contributed by atoms with Gasteiger partial charge in [0.15, 0.2) is 11.9 Å². The number of carbonyl (C=O) groups excluding carboxylic acids is 5. The van der Waals surface area contributed by atoms with Gasteiger partial charge < -0.3 is 49.1 Å². The molecule has 1 aromatic heterocycles. The number of Topliss-reactive ketones (excluding diaryl/α,β-unsaturated/α-hetero) is 1. The number of likely N-dealkylation sites (N-methyl/N-ethyl adjacent to an activating group) is 1. The molecule has 0 radical (unpaired) electrons. The van der Waals surface area contributed by atoms with Crippen molar-refractivity contribution in [2.24, 2.45) is 23.7 Å². The van der Waals surface area contributed by atoms with Crippen molar-refractivity contribution in [1.82, 2.24) is 20.5 Å². The van der Waals surface area contributed by atoms with E-state index in [9.17, 15) is 29.1 Å². The first-order valence-corrected chi connectivity index (χ1v) is 21.5. The van der Waals surface area contributed by atoms with E-state index in [4.69, 9.17) is 28.4 Å². The van der Waals surface area contributed by atoms with E-state index in [0.29, 0.717) is 6.42 Å². The molecule has 3 N–H and O–H groups in total. The number of alkyl carbamates (subject to hydrolysis) is 2. The number of ether oxygens (including phenoxy) is 6. The van der Waals surface area contributed by atoms with Crippen LogP contribution in [0.1, 0.15) is 90.6 Å². The van der Waals surface area contributed by atoms with Crippen LogP contribution in [0.25, 0.3) is 6.08 Å². The van der Waals surface area contributed by atoms with Gasteiger partial charge >= 0.3 is 24.1 Å². The Hall–Kier alpha value is -4.90. The average molecular weight is 865 g/mol. The summed E-state index contributed by atoms with van der Waals surface area (Å²) in [5, 5.41) is 17.3. The normalized spacial score (nSPS) is 35.8. The maximum Gasteiger partial charge on any atom is 0.408 e. The van der Waals surface area contributed by atoms with E-state index >= 15 is 0 Å². The molecule has 14 atom stereocenters. The summed E-state index contributed by atoms with van der Waals surface area (Å²) in [5.74, 6) is -5.76. The summed E-state index contributed by atoms with van der Waals surface area (Å²) in [6, 6.07) is 10.6. The van der Waals surface area contributed by atoms with Gasteiger partial charge in [0.2, 0.25) is 0 Å². The van der Waals surface area contributed by atoms with Crippen LogP contribution in [-0.4, -0.2) is 126 Å². The van der Waals surface area contributed by atoms with Crippen LogP contribution >= 0.6 is 0 Å². The Morgan fingerprint density at radius 1 is 1.03 bits per heavy atom. The summed E-state index contributed by atoms with van der Waals surface area (Å²) in [6.45, 7) is 13.5. The van der Waals surface area contributed by atoms with Crippen molar-refractivity contribution < 1.29 is 57.5 Å². The lowest BCUT2D eigenvalue weighted by Crippen LogP contribution is -2.61. The number of pyridine rings is 1. The number of fused-ring (bicyclic) bond motifs is 1. The summed E-state index contributed by atoms with van der Waals surface area (Å²) in [4.78, 5) is 76.0. The van der Waals surface area contributed by atoms with Crippen molar-refractivity contribution in [2.75, 3.05) is 20.6 Å². The van der Waals surface area contributed by atoms with E-state index in [2.05, 4.69) is 15.6 Å². The van der Waals surface area contributed by atoms with Crippen molar-refractivity contribution >= 4 is 36.0 Å². The molecule has 0 unspecified atom stereocenters. The number of cyclic esters (lactones) is 1. The fourth-order valence-electron chi connectivity index (χ4n) is 9.26. The van der Waals surface area contributed by atoms with Gasteiger partial charge in [-0.05, 0) is 84.8 Å². The first kappa shape index (κ1) is 48.1. The highest BCUT2D eigenvalue weighted by atomic mass is 16.7. The molecule has 62 heavy (non-hydrogen) atoms. The van der Waals surface area contributed by atoms with E-state index in [-0.39, 0.29) is 36.8 Å². The molecule has 1 aromatic carbocycles. The molecule has 3 fully saturated rings. The van der Waals surface area contributed by atoms with Crippen LogP contribution in [0.15, 0.2) is 60.9 Å². The zero-order chi connectivity index (χ0) is 45.5. The predicted octanol–water partition coefficient (Wildman–Crippen LogP) is 5.32. The highest BCUT2D eigenvalue weighted by molar-refractivity contribution is 5.90. The van der Waals surface area contributed by atoms with E-state index in [1.807, 2.05) is 32.0 Å². The Kier molecular flexibility index (Phi) is 15.9. The van der Waals surface area contributed by atoms with Crippen molar-refractivity contribution in [2.45, 2.75) is 135 Å². The lowest BCUT2D eigenvalue weighted by molar-refractivity contribution is -0.298. The molecule has 0 bridgehead atoms. The molecule has 2 aromatic rings. The van der Waals surface area contributed by atoms with E-state index in [1.165, 1.54) is 0 Å². The maximum absolute atomic E-state index is 14.6. The molecule has 3 aliphatic heterocycles. The fourth-order valence-corrected chi connectivity index (χ4v) is 9.26. The molecule has 0 spiro atoms. The monoisotopic (exact) mass is 864 g/mol.